The molecular formula is C14H28O5. The SMILES string of the molecule is CCCCC(CC)(OO)C(=O)OCC(C)CC(C)O. The van der Waals surface area contributed by atoms with Gasteiger partial charge >= 0.3 is 5.97 Å². The van der Waals surface area contributed by atoms with Gasteiger partial charge in [0, 0.05) is 0 Å². The van der Waals surface area contributed by atoms with Gasteiger partial charge in [-0.05, 0) is 32.1 Å². The Kier molecular flexibility index (Phi) is 8.97. The second kappa shape index (κ2) is 9.28. The van der Waals surface area contributed by atoms with Crippen molar-refractivity contribution >= 4 is 5.97 Å². The van der Waals surface area contributed by atoms with Crippen LogP contribution in [0.5, 0.6) is 0 Å². The Hall–Kier alpha value is -0.650. The number of esters is 1. The zero-order valence-corrected chi connectivity index (χ0v) is 12.5. The molecule has 0 aromatic rings. The number of aliphatic hydroxyl groups excluding tert-OH is 1. The van der Waals surface area contributed by atoms with E-state index in [9.17, 15) is 9.90 Å². The molecule has 0 bridgehead atoms. The second-order valence-corrected chi connectivity index (χ2v) is 5.33. The van der Waals surface area contributed by atoms with Crippen LogP contribution in [0, 0.1) is 5.92 Å². The molecule has 3 unspecified atom stereocenters. The van der Waals surface area contributed by atoms with Crippen LogP contribution >= 0.6 is 0 Å². The van der Waals surface area contributed by atoms with Crippen LogP contribution in [0.1, 0.15) is 59.8 Å². The Labute approximate surface area is 115 Å². The van der Waals surface area contributed by atoms with Crippen LogP contribution in [0.3, 0.4) is 0 Å². The van der Waals surface area contributed by atoms with E-state index in [-0.39, 0.29) is 12.5 Å². The minimum atomic E-state index is -1.25. The molecule has 3 atom stereocenters. The van der Waals surface area contributed by atoms with E-state index < -0.39 is 17.7 Å². The number of ether oxygens (including phenoxy) is 1. The Morgan fingerprint density at radius 1 is 1.32 bits per heavy atom. The minimum absolute atomic E-state index is 0.0726. The van der Waals surface area contributed by atoms with Crippen molar-refractivity contribution < 1.29 is 24.8 Å². The number of hydrogen-bond donors (Lipinski definition) is 2. The maximum Gasteiger partial charge on any atom is 0.341 e. The van der Waals surface area contributed by atoms with Crippen LogP contribution < -0.4 is 0 Å². The largest absolute Gasteiger partial charge is 0.463 e. The van der Waals surface area contributed by atoms with Gasteiger partial charge in [0.15, 0.2) is 5.60 Å². The molecule has 0 saturated heterocycles. The van der Waals surface area contributed by atoms with Gasteiger partial charge in [0.1, 0.15) is 0 Å². The van der Waals surface area contributed by atoms with Crippen LogP contribution in [-0.2, 0) is 14.4 Å². The third-order valence-corrected chi connectivity index (χ3v) is 3.29. The van der Waals surface area contributed by atoms with Crippen LogP contribution in [-0.4, -0.2) is 34.6 Å². The maximum atomic E-state index is 12.1. The molecule has 0 rings (SSSR count). The summed E-state index contributed by atoms with van der Waals surface area (Å²) in [6.45, 7) is 7.62. The summed E-state index contributed by atoms with van der Waals surface area (Å²) in [4.78, 5) is 16.5. The molecule has 0 amide bonds. The molecule has 0 radical (unpaired) electrons. The van der Waals surface area contributed by atoms with E-state index in [4.69, 9.17) is 9.99 Å². The lowest BCUT2D eigenvalue weighted by Gasteiger charge is -2.27. The highest BCUT2D eigenvalue weighted by Gasteiger charge is 2.40. The standard InChI is InChI=1S/C14H28O5/c1-5-7-8-14(6-2,19-17)13(16)18-10-11(3)9-12(4)15/h11-12,15,17H,5-10H2,1-4H3. The molecule has 114 valence electrons. The molecule has 0 aliphatic rings. The van der Waals surface area contributed by atoms with E-state index in [1.165, 1.54) is 0 Å². The summed E-state index contributed by atoms with van der Waals surface area (Å²) >= 11 is 0. The van der Waals surface area contributed by atoms with E-state index in [2.05, 4.69) is 4.89 Å². The van der Waals surface area contributed by atoms with Crippen molar-refractivity contribution in [2.75, 3.05) is 6.61 Å². The van der Waals surface area contributed by atoms with E-state index in [1.807, 2.05) is 13.8 Å². The van der Waals surface area contributed by atoms with Gasteiger partial charge in [0.25, 0.3) is 0 Å². The fourth-order valence-corrected chi connectivity index (χ4v) is 2.03. The summed E-state index contributed by atoms with van der Waals surface area (Å²) in [6, 6.07) is 0. The number of hydrogen-bond acceptors (Lipinski definition) is 5. The number of carbonyl (C=O) groups is 1. The summed E-state index contributed by atoms with van der Waals surface area (Å²) < 4.78 is 5.21. The van der Waals surface area contributed by atoms with Crippen LogP contribution in [0.2, 0.25) is 0 Å². The van der Waals surface area contributed by atoms with Crippen LogP contribution in [0.4, 0.5) is 0 Å². The number of rotatable bonds is 10. The Morgan fingerprint density at radius 3 is 2.37 bits per heavy atom. The summed E-state index contributed by atoms with van der Waals surface area (Å²) in [5.74, 6) is -0.452. The maximum absolute atomic E-state index is 12.1. The molecule has 5 nitrogen and oxygen atoms in total. The quantitative estimate of drug-likeness (QED) is 0.364. The van der Waals surface area contributed by atoms with Crippen LogP contribution in [0.15, 0.2) is 0 Å². The summed E-state index contributed by atoms with van der Waals surface area (Å²) in [5.41, 5.74) is -1.25. The van der Waals surface area contributed by atoms with Gasteiger partial charge in [0.05, 0.1) is 12.7 Å². The topological polar surface area (TPSA) is 76.0 Å². The van der Waals surface area contributed by atoms with Gasteiger partial charge in [-0.2, -0.15) is 0 Å². The molecule has 0 aliphatic carbocycles. The first-order chi connectivity index (χ1) is 8.91. The summed E-state index contributed by atoms with van der Waals surface area (Å²) in [6.07, 6.45) is 2.66. The van der Waals surface area contributed by atoms with E-state index in [0.29, 0.717) is 19.3 Å². The lowest BCUT2D eigenvalue weighted by atomic mass is 9.94. The van der Waals surface area contributed by atoms with Gasteiger partial charge in [-0.3, -0.25) is 5.26 Å². The van der Waals surface area contributed by atoms with Crippen molar-refractivity contribution in [3.05, 3.63) is 0 Å². The normalized spacial score (nSPS) is 17.6. The van der Waals surface area contributed by atoms with Crippen molar-refractivity contribution in [1.29, 1.82) is 0 Å². The van der Waals surface area contributed by atoms with Crippen molar-refractivity contribution in [3.63, 3.8) is 0 Å². The van der Waals surface area contributed by atoms with Crippen molar-refractivity contribution in [3.8, 4) is 0 Å². The third kappa shape index (κ3) is 6.36. The smallest absolute Gasteiger partial charge is 0.341 e. The lowest BCUT2D eigenvalue weighted by Crippen LogP contribution is -2.42. The molecule has 0 heterocycles. The third-order valence-electron chi connectivity index (χ3n) is 3.29. The highest BCUT2D eigenvalue weighted by atomic mass is 17.1. The molecule has 0 fully saturated rings. The van der Waals surface area contributed by atoms with E-state index in [1.54, 1.807) is 13.8 Å². The van der Waals surface area contributed by atoms with E-state index >= 15 is 0 Å². The Bertz CT molecular complexity index is 248. The molecule has 0 aliphatic heterocycles. The molecule has 0 aromatic carbocycles. The van der Waals surface area contributed by atoms with Gasteiger partial charge in [-0.25, -0.2) is 9.68 Å². The summed E-state index contributed by atoms with van der Waals surface area (Å²) in [5, 5.41) is 18.3. The van der Waals surface area contributed by atoms with Gasteiger partial charge in [-0.1, -0.05) is 33.6 Å². The number of carbonyl (C=O) groups excluding carboxylic acids is 1. The first kappa shape index (κ1) is 18.4. The Morgan fingerprint density at radius 2 is 1.95 bits per heavy atom. The number of aliphatic hydroxyl groups is 1. The van der Waals surface area contributed by atoms with Gasteiger partial charge in [0.2, 0.25) is 0 Å². The van der Waals surface area contributed by atoms with Crippen molar-refractivity contribution in [2.24, 2.45) is 5.92 Å². The molecule has 5 heteroatoms. The predicted molar refractivity (Wildman–Crippen MR) is 72.7 cm³/mol. The second-order valence-electron chi connectivity index (χ2n) is 5.33. The first-order valence-electron chi connectivity index (χ1n) is 7.09. The lowest BCUT2D eigenvalue weighted by molar-refractivity contribution is -0.321. The van der Waals surface area contributed by atoms with Gasteiger partial charge in [-0.15, -0.1) is 0 Å². The fourth-order valence-electron chi connectivity index (χ4n) is 2.03. The molecule has 0 aromatic heterocycles. The average Bonchev–Trinajstić information content (AvgIpc) is 2.37. The van der Waals surface area contributed by atoms with Crippen LogP contribution in [0.25, 0.3) is 0 Å². The van der Waals surface area contributed by atoms with E-state index in [0.717, 1.165) is 12.8 Å². The first-order valence-corrected chi connectivity index (χ1v) is 7.09. The predicted octanol–water partition coefficient (Wildman–Crippen LogP) is 2.77. The highest BCUT2D eigenvalue weighted by molar-refractivity contribution is 5.79. The zero-order valence-electron chi connectivity index (χ0n) is 12.5. The molecule has 2 N–H and O–H groups in total. The monoisotopic (exact) mass is 276 g/mol. The van der Waals surface area contributed by atoms with Crippen molar-refractivity contribution in [1.82, 2.24) is 0 Å². The average molecular weight is 276 g/mol. The summed E-state index contributed by atoms with van der Waals surface area (Å²) in [7, 11) is 0. The van der Waals surface area contributed by atoms with Gasteiger partial charge < -0.3 is 9.84 Å². The molecule has 19 heavy (non-hydrogen) atoms. The zero-order chi connectivity index (χ0) is 14.9. The molecule has 0 saturated carbocycles. The highest BCUT2D eigenvalue weighted by Crippen LogP contribution is 2.25. The fraction of sp³-hybridized carbons (Fsp3) is 0.929. The van der Waals surface area contributed by atoms with Crippen molar-refractivity contribution in [2.45, 2.75) is 71.5 Å². The number of unbranched alkanes of at least 4 members (excludes halogenated alkanes) is 1. The minimum Gasteiger partial charge on any atom is -0.463 e. The molecular weight excluding hydrogens is 248 g/mol. The molecule has 0 spiro atoms. The Balaban J connectivity index is 4.40.